The van der Waals surface area contributed by atoms with Gasteiger partial charge in [0, 0.05) is 44.0 Å². The lowest BCUT2D eigenvalue weighted by Crippen LogP contribution is -2.48. The zero-order valence-electron chi connectivity index (χ0n) is 17.8. The molecule has 0 radical (unpaired) electrons. The Kier molecular flexibility index (Phi) is 7.01. The van der Waals surface area contributed by atoms with Gasteiger partial charge in [-0.05, 0) is 46.3 Å². The number of piperazine rings is 1. The maximum atomic E-state index is 6.61. The second-order valence-corrected chi connectivity index (χ2v) is 7.81. The summed E-state index contributed by atoms with van der Waals surface area (Å²) in [5.74, 6) is 1.65. The lowest BCUT2D eigenvalue weighted by Gasteiger charge is -2.40. The standard InChI is InChI=1S/C22H27ClN6O2/c1-30-16-15-29-22(24-25-26-29)21(19-5-3-4-6-20(19)23)28-13-11-27(12-14-28)17-7-9-18(31-2)10-8-17/h3-10,21H,11-16H2,1-2H3/t21-/m1/s1. The predicted octanol–water partition coefficient (Wildman–Crippen LogP) is 2.89. The van der Waals surface area contributed by atoms with Crippen molar-refractivity contribution in [2.45, 2.75) is 12.6 Å². The number of methoxy groups -OCH3 is 2. The van der Waals surface area contributed by atoms with E-state index in [1.54, 1.807) is 14.2 Å². The number of tetrazole rings is 1. The molecule has 1 saturated heterocycles. The van der Waals surface area contributed by atoms with E-state index in [9.17, 15) is 0 Å². The Bertz CT molecular complexity index is 972. The molecule has 1 fully saturated rings. The monoisotopic (exact) mass is 442 g/mol. The second kappa shape index (κ2) is 10.1. The molecule has 0 amide bonds. The maximum Gasteiger partial charge on any atom is 0.173 e. The minimum atomic E-state index is -0.126. The third-order valence-corrected chi connectivity index (χ3v) is 5.97. The van der Waals surface area contributed by atoms with Crippen LogP contribution in [0.25, 0.3) is 0 Å². The van der Waals surface area contributed by atoms with Crippen LogP contribution in [0.3, 0.4) is 0 Å². The zero-order valence-corrected chi connectivity index (χ0v) is 18.6. The molecule has 0 unspecified atom stereocenters. The summed E-state index contributed by atoms with van der Waals surface area (Å²) >= 11 is 6.61. The smallest absolute Gasteiger partial charge is 0.173 e. The molecule has 9 heteroatoms. The number of rotatable bonds is 8. The average molecular weight is 443 g/mol. The summed E-state index contributed by atoms with van der Waals surface area (Å²) in [6.07, 6.45) is 0. The summed E-state index contributed by atoms with van der Waals surface area (Å²) < 4.78 is 12.3. The van der Waals surface area contributed by atoms with Crippen molar-refractivity contribution < 1.29 is 9.47 Å². The Morgan fingerprint density at radius 1 is 1.00 bits per heavy atom. The number of aromatic nitrogens is 4. The number of ether oxygens (including phenoxy) is 2. The van der Waals surface area contributed by atoms with Gasteiger partial charge in [0.15, 0.2) is 5.82 Å². The molecule has 0 aliphatic carbocycles. The van der Waals surface area contributed by atoms with Gasteiger partial charge < -0.3 is 14.4 Å². The molecule has 2 aromatic carbocycles. The molecule has 31 heavy (non-hydrogen) atoms. The fraction of sp³-hybridized carbons (Fsp3) is 0.409. The summed E-state index contributed by atoms with van der Waals surface area (Å²) in [6, 6.07) is 16.0. The fourth-order valence-corrected chi connectivity index (χ4v) is 4.21. The molecule has 1 atom stereocenters. The van der Waals surface area contributed by atoms with Crippen LogP contribution in [0.2, 0.25) is 5.02 Å². The number of hydrogen-bond donors (Lipinski definition) is 0. The van der Waals surface area contributed by atoms with Crippen LogP contribution in [0, 0.1) is 0 Å². The maximum absolute atomic E-state index is 6.61. The third-order valence-electron chi connectivity index (χ3n) is 5.63. The van der Waals surface area contributed by atoms with E-state index in [-0.39, 0.29) is 6.04 Å². The topological polar surface area (TPSA) is 68.5 Å². The van der Waals surface area contributed by atoms with Crippen molar-refractivity contribution in [2.24, 2.45) is 0 Å². The van der Waals surface area contributed by atoms with E-state index in [4.69, 9.17) is 21.1 Å². The Labute approximate surface area is 187 Å². The van der Waals surface area contributed by atoms with Gasteiger partial charge >= 0.3 is 0 Å². The molecule has 164 valence electrons. The summed E-state index contributed by atoms with van der Waals surface area (Å²) in [5.41, 5.74) is 2.20. The highest BCUT2D eigenvalue weighted by Crippen LogP contribution is 2.33. The van der Waals surface area contributed by atoms with E-state index in [0.717, 1.165) is 43.3 Å². The van der Waals surface area contributed by atoms with Crippen LogP contribution in [0.5, 0.6) is 5.75 Å². The number of benzene rings is 2. The van der Waals surface area contributed by atoms with E-state index in [1.807, 2.05) is 35.0 Å². The van der Waals surface area contributed by atoms with Gasteiger partial charge in [-0.25, -0.2) is 4.68 Å². The minimum absolute atomic E-state index is 0.126. The van der Waals surface area contributed by atoms with E-state index < -0.39 is 0 Å². The second-order valence-electron chi connectivity index (χ2n) is 7.40. The lowest BCUT2D eigenvalue weighted by atomic mass is 10.0. The Hall–Kier alpha value is -2.68. The van der Waals surface area contributed by atoms with Crippen molar-refractivity contribution in [1.29, 1.82) is 0 Å². The van der Waals surface area contributed by atoms with Gasteiger partial charge in [-0.3, -0.25) is 4.90 Å². The van der Waals surface area contributed by atoms with Crippen LogP contribution in [0.1, 0.15) is 17.4 Å². The molecule has 4 rings (SSSR count). The van der Waals surface area contributed by atoms with Crippen molar-refractivity contribution in [1.82, 2.24) is 25.1 Å². The summed E-state index contributed by atoms with van der Waals surface area (Å²) in [4.78, 5) is 4.78. The summed E-state index contributed by atoms with van der Waals surface area (Å²) in [7, 11) is 3.36. The van der Waals surface area contributed by atoms with Crippen LogP contribution in [0.4, 0.5) is 5.69 Å². The van der Waals surface area contributed by atoms with E-state index in [0.29, 0.717) is 18.2 Å². The quantitative estimate of drug-likeness (QED) is 0.531. The van der Waals surface area contributed by atoms with Crippen LogP contribution in [-0.2, 0) is 11.3 Å². The van der Waals surface area contributed by atoms with Crippen molar-refractivity contribution in [3.8, 4) is 5.75 Å². The molecule has 0 N–H and O–H groups in total. The largest absolute Gasteiger partial charge is 0.497 e. The molecule has 0 bridgehead atoms. The van der Waals surface area contributed by atoms with Crippen molar-refractivity contribution in [3.63, 3.8) is 0 Å². The van der Waals surface area contributed by atoms with Gasteiger partial charge in [-0.2, -0.15) is 0 Å². The molecule has 0 saturated carbocycles. The van der Waals surface area contributed by atoms with E-state index in [2.05, 4.69) is 43.5 Å². The first-order valence-electron chi connectivity index (χ1n) is 10.3. The molecule has 1 aliphatic rings. The molecule has 8 nitrogen and oxygen atoms in total. The lowest BCUT2D eigenvalue weighted by molar-refractivity contribution is 0.172. The van der Waals surface area contributed by atoms with Crippen molar-refractivity contribution >= 4 is 17.3 Å². The third kappa shape index (κ3) is 4.81. The Balaban J connectivity index is 1.57. The normalized spacial score (nSPS) is 15.8. The van der Waals surface area contributed by atoms with Crippen LogP contribution >= 0.6 is 11.6 Å². The molecule has 1 aromatic heterocycles. The molecule has 2 heterocycles. The Morgan fingerprint density at radius 3 is 2.42 bits per heavy atom. The molecular formula is C22H27ClN6O2. The first kappa shape index (κ1) is 21.5. The average Bonchev–Trinajstić information content (AvgIpc) is 3.28. The first-order valence-corrected chi connectivity index (χ1v) is 10.7. The summed E-state index contributed by atoms with van der Waals surface area (Å²) in [6.45, 7) is 4.64. The van der Waals surface area contributed by atoms with Gasteiger partial charge in [0.25, 0.3) is 0 Å². The van der Waals surface area contributed by atoms with Crippen molar-refractivity contribution in [2.75, 3.05) is 51.9 Å². The highest BCUT2D eigenvalue weighted by atomic mass is 35.5. The first-order chi connectivity index (χ1) is 15.2. The fourth-order valence-electron chi connectivity index (χ4n) is 3.97. The van der Waals surface area contributed by atoms with Gasteiger partial charge in [0.1, 0.15) is 5.75 Å². The van der Waals surface area contributed by atoms with Crippen molar-refractivity contribution in [3.05, 3.63) is 64.9 Å². The van der Waals surface area contributed by atoms with Crippen LogP contribution in [0.15, 0.2) is 48.5 Å². The number of halogens is 1. The number of nitrogens with zero attached hydrogens (tertiary/aromatic N) is 6. The van der Waals surface area contributed by atoms with Gasteiger partial charge in [-0.15, -0.1) is 5.10 Å². The van der Waals surface area contributed by atoms with Gasteiger partial charge in [0.05, 0.1) is 26.3 Å². The summed E-state index contributed by atoms with van der Waals surface area (Å²) in [5, 5.41) is 13.2. The van der Waals surface area contributed by atoms with E-state index in [1.165, 1.54) is 5.69 Å². The van der Waals surface area contributed by atoms with Gasteiger partial charge in [0.2, 0.25) is 0 Å². The van der Waals surface area contributed by atoms with Crippen LogP contribution in [-0.4, -0.2) is 72.1 Å². The molecule has 0 spiro atoms. The highest BCUT2D eigenvalue weighted by Gasteiger charge is 2.31. The molecule has 3 aromatic rings. The minimum Gasteiger partial charge on any atom is -0.497 e. The highest BCUT2D eigenvalue weighted by molar-refractivity contribution is 6.31. The van der Waals surface area contributed by atoms with Gasteiger partial charge in [-0.1, -0.05) is 29.8 Å². The van der Waals surface area contributed by atoms with E-state index >= 15 is 0 Å². The number of hydrogen-bond acceptors (Lipinski definition) is 7. The molecule has 1 aliphatic heterocycles. The Morgan fingerprint density at radius 2 is 1.74 bits per heavy atom. The van der Waals surface area contributed by atoms with Crippen LogP contribution < -0.4 is 9.64 Å². The number of anilines is 1. The zero-order chi connectivity index (χ0) is 21.6. The molecular weight excluding hydrogens is 416 g/mol. The SMILES string of the molecule is COCCn1nnnc1[C@@H](c1ccccc1Cl)N1CCN(c2ccc(OC)cc2)CC1. The predicted molar refractivity (Wildman–Crippen MR) is 120 cm³/mol.